The Morgan fingerprint density at radius 1 is 1.00 bits per heavy atom. The molecule has 0 amide bonds. The predicted octanol–water partition coefficient (Wildman–Crippen LogP) is 4.34. The van der Waals surface area contributed by atoms with Crippen LogP contribution in [0.15, 0.2) is 10.9 Å². The van der Waals surface area contributed by atoms with Gasteiger partial charge in [0, 0.05) is 36.5 Å². The van der Waals surface area contributed by atoms with E-state index in [1.807, 2.05) is 20.8 Å². The second kappa shape index (κ2) is 7.62. The number of rotatable bonds is 6. The van der Waals surface area contributed by atoms with Gasteiger partial charge in [0.05, 0.1) is 0 Å². The van der Waals surface area contributed by atoms with Gasteiger partial charge in [0.2, 0.25) is 5.82 Å². The summed E-state index contributed by atoms with van der Waals surface area (Å²) in [5, 5.41) is 0. The van der Waals surface area contributed by atoms with Crippen LogP contribution in [0.2, 0.25) is 0 Å². The van der Waals surface area contributed by atoms with Crippen LogP contribution in [0.3, 0.4) is 0 Å². The molecule has 8 heteroatoms. The minimum atomic E-state index is -2.26. The average Bonchev–Trinajstić information content (AvgIpc) is 2.64. The Balaban J connectivity index is 0.00000392. The van der Waals surface area contributed by atoms with Gasteiger partial charge in [0.15, 0.2) is 23.3 Å². The van der Waals surface area contributed by atoms with Gasteiger partial charge in [-0.2, -0.15) is 0 Å². The lowest BCUT2D eigenvalue weighted by Gasteiger charge is -2.25. The quantitative estimate of drug-likeness (QED) is 0.346. The first kappa shape index (κ1) is 20.8. The normalized spacial score (nSPS) is 11.7. The summed E-state index contributed by atoms with van der Waals surface area (Å²) >= 11 is 0. The van der Waals surface area contributed by atoms with E-state index in [-0.39, 0.29) is 13.4 Å². The molecule has 27 heavy (non-hydrogen) atoms. The van der Waals surface area contributed by atoms with Crippen molar-refractivity contribution in [1.82, 2.24) is 4.98 Å². The maximum atomic E-state index is 13.9. The molecule has 0 aliphatic rings. The number of aromatic amines is 1. The largest absolute Gasteiger partial charge is 0.325 e. The molecule has 148 valence electrons. The van der Waals surface area contributed by atoms with Gasteiger partial charge < -0.3 is 9.78 Å². The number of H-pyrrole nitrogens is 1. The number of benzene rings is 1. The molecule has 2 rings (SSSR count). The smallest absolute Gasteiger partial charge is 0.251 e. The Bertz CT molecular complexity index is 927. The van der Waals surface area contributed by atoms with Crippen LogP contribution in [-0.4, -0.2) is 11.3 Å². The molecule has 0 aliphatic carbocycles. The van der Waals surface area contributed by atoms with Gasteiger partial charge in [-0.15, -0.1) is 0 Å². The standard InChI is InChI=1S/C19H18F5NO2.H2/c1-4-19(2,3)17-9(5-6-26)7-10(18(27)25-17)8-11-12(20)14(22)16(24)15(23)13(11)21;/h6-7H,4-5,8H2,1-3H3,(H,25,27);1H. The van der Waals surface area contributed by atoms with E-state index >= 15 is 0 Å². The summed E-state index contributed by atoms with van der Waals surface area (Å²) in [7, 11) is 0. The molecule has 1 N–H and O–H groups in total. The van der Waals surface area contributed by atoms with Crippen LogP contribution >= 0.6 is 0 Å². The third-order valence-corrected chi connectivity index (χ3v) is 4.73. The van der Waals surface area contributed by atoms with E-state index in [0.29, 0.717) is 24.0 Å². The van der Waals surface area contributed by atoms with Crippen LogP contribution in [-0.2, 0) is 23.1 Å². The van der Waals surface area contributed by atoms with Crippen molar-refractivity contribution in [2.24, 2.45) is 0 Å². The number of halogens is 5. The Kier molecular flexibility index (Phi) is 5.87. The fraction of sp³-hybridized carbons (Fsp3) is 0.368. The Labute approximate surface area is 153 Å². The first-order valence-electron chi connectivity index (χ1n) is 8.24. The van der Waals surface area contributed by atoms with Crippen LogP contribution in [0.25, 0.3) is 0 Å². The van der Waals surface area contributed by atoms with Crippen molar-refractivity contribution in [2.45, 2.75) is 45.4 Å². The average molecular weight is 389 g/mol. The second-order valence-corrected chi connectivity index (χ2v) is 6.86. The first-order chi connectivity index (χ1) is 12.5. The molecule has 0 unspecified atom stereocenters. The van der Waals surface area contributed by atoms with Crippen LogP contribution < -0.4 is 5.56 Å². The van der Waals surface area contributed by atoms with E-state index in [2.05, 4.69) is 4.98 Å². The molecular formula is C19H20F5NO2. The van der Waals surface area contributed by atoms with Crippen molar-refractivity contribution in [3.8, 4) is 0 Å². The van der Waals surface area contributed by atoms with Gasteiger partial charge in [-0.3, -0.25) is 4.79 Å². The van der Waals surface area contributed by atoms with Crippen LogP contribution in [0.4, 0.5) is 22.0 Å². The zero-order valence-corrected chi connectivity index (χ0v) is 15.0. The number of aldehydes is 1. The maximum Gasteiger partial charge on any atom is 0.251 e. The van der Waals surface area contributed by atoms with Gasteiger partial charge in [0.1, 0.15) is 6.29 Å². The lowest BCUT2D eigenvalue weighted by Crippen LogP contribution is -2.27. The summed E-state index contributed by atoms with van der Waals surface area (Å²) in [6, 6.07) is 1.28. The van der Waals surface area contributed by atoms with Crippen molar-refractivity contribution in [3.05, 3.63) is 67.9 Å². The highest BCUT2D eigenvalue weighted by Crippen LogP contribution is 2.29. The van der Waals surface area contributed by atoms with E-state index in [1.54, 1.807) is 0 Å². The fourth-order valence-corrected chi connectivity index (χ4v) is 2.78. The topological polar surface area (TPSA) is 49.9 Å². The van der Waals surface area contributed by atoms with Gasteiger partial charge in [-0.1, -0.05) is 20.8 Å². The van der Waals surface area contributed by atoms with E-state index in [0.717, 1.165) is 0 Å². The van der Waals surface area contributed by atoms with E-state index in [1.165, 1.54) is 6.07 Å². The number of carbonyl (C=O) groups is 1. The highest BCUT2D eigenvalue weighted by atomic mass is 19.2. The van der Waals surface area contributed by atoms with E-state index < -0.39 is 52.0 Å². The van der Waals surface area contributed by atoms with Crippen molar-refractivity contribution in [2.75, 3.05) is 0 Å². The lowest BCUT2D eigenvalue weighted by molar-refractivity contribution is -0.107. The summed E-state index contributed by atoms with van der Waals surface area (Å²) in [5.41, 5.74) is -1.59. The third-order valence-electron chi connectivity index (χ3n) is 4.73. The molecule has 0 spiro atoms. The van der Waals surface area contributed by atoms with Crippen LogP contribution in [0.5, 0.6) is 0 Å². The number of hydrogen-bond acceptors (Lipinski definition) is 2. The Morgan fingerprint density at radius 3 is 2.00 bits per heavy atom. The Morgan fingerprint density at radius 2 is 1.52 bits per heavy atom. The molecule has 0 saturated carbocycles. The molecule has 3 nitrogen and oxygen atoms in total. The molecule has 0 fully saturated rings. The van der Waals surface area contributed by atoms with Gasteiger partial charge in [-0.05, 0) is 18.1 Å². The van der Waals surface area contributed by atoms with E-state index in [4.69, 9.17) is 0 Å². The lowest BCUT2D eigenvalue weighted by atomic mass is 9.82. The summed E-state index contributed by atoms with van der Waals surface area (Å²) < 4.78 is 67.7. The van der Waals surface area contributed by atoms with E-state index in [9.17, 15) is 31.5 Å². The van der Waals surface area contributed by atoms with Crippen LogP contribution in [0.1, 0.15) is 51.0 Å². The minimum Gasteiger partial charge on any atom is -0.325 e. The number of hydrogen-bond donors (Lipinski definition) is 1. The maximum absolute atomic E-state index is 13.9. The van der Waals surface area contributed by atoms with Crippen molar-refractivity contribution >= 4 is 6.29 Å². The SMILES string of the molecule is CCC(C)(C)c1[nH]c(=O)c(Cc2c(F)c(F)c(F)c(F)c2F)cc1CC=O.[HH]. The van der Waals surface area contributed by atoms with Gasteiger partial charge >= 0.3 is 0 Å². The summed E-state index contributed by atoms with van der Waals surface area (Å²) in [4.78, 5) is 26.0. The highest BCUT2D eigenvalue weighted by molar-refractivity contribution is 5.56. The zero-order chi connectivity index (χ0) is 20.5. The predicted molar refractivity (Wildman–Crippen MR) is 91.3 cm³/mol. The number of aromatic nitrogens is 1. The van der Waals surface area contributed by atoms with Crippen LogP contribution in [0, 0.1) is 29.1 Å². The minimum absolute atomic E-state index is 0. The summed E-state index contributed by atoms with van der Waals surface area (Å²) in [6.07, 6.45) is 0.357. The number of carbonyl (C=O) groups excluding carboxylic acids is 1. The highest BCUT2D eigenvalue weighted by Gasteiger charge is 2.28. The third kappa shape index (κ3) is 3.79. The Hall–Kier alpha value is -2.51. The molecule has 2 aromatic rings. The first-order valence-corrected chi connectivity index (χ1v) is 8.24. The molecule has 0 radical (unpaired) electrons. The molecule has 0 saturated heterocycles. The zero-order valence-electron chi connectivity index (χ0n) is 15.0. The molecule has 1 aromatic heterocycles. The van der Waals surface area contributed by atoms with Gasteiger partial charge in [0.25, 0.3) is 5.56 Å². The number of pyridine rings is 1. The molecular weight excluding hydrogens is 369 g/mol. The molecule has 1 heterocycles. The summed E-state index contributed by atoms with van der Waals surface area (Å²) in [6.45, 7) is 5.57. The second-order valence-electron chi connectivity index (χ2n) is 6.86. The van der Waals surface area contributed by atoms with Crippen molar-refractivity contribution in [3.63, 3.8) is 0 Å². The fourth-order valence-electron chi connectivity index (χ4n) is 2.78. The number of nitrogens with one attached hydrogen (secondary N) is 1. The summed E-state index contributed by atoms with van der Waals surface area (Å²) in [5.74, 6) is -10.4. The monoisotopic (exact) mass is 389 g/mol. The van der Waals surface area contributed by atoms with Crippen molar-refractivity contribution in [1.29, 1.82) is 0 Å². The molecule has 0 atom stereocenters. The molecule has 0 aliphatic heterocycles. The van der Waals surface area contributed by atoms with Gasteiger partial charge in [-0.25, -0.2) is 22.0 Å². The molecule has 1 aromatic carbocycles. The van der Waals surface area contributed by atoms with Crippen molar-refractivity contribution < 1.29 is 28.2 Å². The molecule has 0 bridgehead atoms.